The minimum atomic E-state index is -0.982. The smallest absolute Gasteiger partial charge is 0.242 e. The molecule has 6 heteroatoms. The topological polar surface area (TPSA) is 110 Å². The van der Waals surface area contributed by atoms with Crippen LogP contribution in [0.1, 0.15) is 19.8 Å². The molecule has 1 heterocycles. The van der Waals surface area contributed by atoms with Gasteiger partial charge in [0, 0.05) is 6.54 Å². The maximum Gasteiger partial charge on any atom is 0.242 e. The van der Waals surface area contributed by atoms with Crippen molar-refractivity contribution in [3.8, 4) is 0 Å². The summed E-state index contributed by atoms with van der Waals surface area (Å²) in [6.45, 7) is 1.92. The first-order chi connectivity index (χ1) is 6.95. The molecule has 5 N–H and O–H groups in total. The summed E-state index contributed by atoms with van der Waals surface area (Å²) in [7, 11) is 0. The molecule has 0 bridgehead atoms. The predicted molar refractivity (Wildman–Crippen MR) is 53.6 cm³/mol. The van der Waals surface area contributed by atoms with Crippen LogP contribution in [0.25, 0.3) is 0 Å². The van der Waals surface area contributed by atoms with Crippen molar-refractivity contribution in [2.45, 2.75) is 38.0 Å². The number of aliphatic hydroxyl groups is 1. The van der Waals surface area contributed by atoms with E-state index < -0.39 is 30.0 Å². The highest BCUT2D eigenvalue weighted by molar-refractivity contribution is 5.89. The second-order valence-electron chi connectivity index (χ2n) is 3.86. The van der Waals surface area contributed by atoms with Crippen LogP contribution in [0.3, 0.4) is 0 Å². The van der Waals surface area contributed by atoms with Gasteiger partial charge in [0.1, 0.15) is 12.1 Å². The van der Waals surface area contributed by atoms with Crippen LogP contribution in [-0.4, -0.2) is 46.6 Å². The number of rotatable bonds is 3. The minimum Gasteiger partial charge on any atom is -0.391 e. The molecule has 0 aromatic heterocycles. The summed E-state index contributed by atoms with van der Waals surface area (Å²) in [5.41, 5.74) is 10.7. The van der Waals surface area contributed by atoms with E-state index in [9.17, 15) is 14.7 Å². The largest absolute Gasteiger partial charge is 0.391 e. The van der Waals surface area contributed by atoms with Gasteiger partial charge in [-0.1, -0.05) is 0 Å². The Labute approximate surface area is 88.2 Å². The molecule has 0 saturated carbocycles. The normalized spacial score (nSPS) is 25.0. The highest BCUT2D eigenvalue weighted by Crippen LogP contribution is 2.18. The number of amides is 2. The lowest BCUT2D eigenvalue weighted by atomic mass is 10.1. The molecule has 0 radical (unpaired) electrons. The number of carbonyl (C=O) groups is 2. The van der Waals surface area contributed by atoms with Gasteiger partial charge in [0.15, 0.2) is 0 Å². The van der Waals surface area contributed by atoms with E-state index in [1.165, 1.54) is 11.8 Å². The van der Waals surface area contributed by atoms with E-state index in [0.717, 1.165) is 6.42 Å². The highest BCUT2D eigenvalue weighted by atomic mass is 16.3. The van der Waals surface area contributed by atoms with Gasteiger partial charge in [-0.2, -0.15) is 0 Å². The van der Waals surface area contributed by atoms with Gasteiger partial charge in [-0.3, -0.25) is 9.59 Å². The molecule has 1 aliphatic rings. The second-order valence-corrected chi connectivity index (χ2v) is 3.86. The average molecular weight is 215 g/mol. The summed E-state index contributed by atoms with van der Waals surface area (Å²) in [5.74, 6) is -0.926. The molecule has 86 valence electrons. The quantitative estimate of drug-likeness (QED) is 0.514. The molecular weight excluding hydrogens is 198 g/mol. The van der Waals surface area contributed by atoms with Crippen molar-refractivity contribution in [3.63, 3.8) is 0 Å². The van der Waals surface area contributed by atoms with Crippen molar-refractivity contribution in [3.05, 3.63) is 0 Å². The van der Waals surface area contributed by atoms with Gasteiger partial charge >= 0.3 is 0 Å². The second kappa shape index (κ2) is 4.59. The lowest BCUT2D eigenvalue weighted by molar-refractivity contribution is -0.140. The van der Waals surface area contributed by atoms with Gasteiger partial charge in [-0.25, -0.2) is 0 Å². The number of hydrogen-bond donors (Lipinski definition) is 3. The molecule has 2 amide bonds. The van der Waals surface area contributed by atoms with E-state index in [2.05, 4.69) is 0 Å². The van der Waals surface area contributed by atoms with Gasteiger partial charge in [-0.15, -0.1) is 0 Å². The van der Waals surface area contributed by atoms with Crippen LogP contribution in [-0.2, 0) is 9.59 Å². The van der Waals surface area contributed by atoms with Crippen LogP contribution < -0.4 is 11.5 Å². The minimum absolute atomic E-state index is 0.411. The van der Waals surface area contributed by atoms with Crippen LogP contribution in [0, 0.1) is 0 Å². The third kappa shape index (κ3) is 2.45. The summed E-state index contributed by atoms with van der Waals surface area (Å²) in [5, 5.41) is 9.19. The fraction of sp³-hybridized carbons (Fsp3) is 0.778. The Kier molecular flexibility index (Phi) is 3.65. The fourth-order valence-corrected chi connectivity index (χ4v) is 1.72. The van der Waals surface area contributed by atoms with Crippen molar-refractivity contribution in [2.75, 3.05) is 6.54 Å². The summed E-state index contributed by atoms with van der Waals surface area (Å²) in [4.78, 5) is 24.1. The lowest BCUT2D eigenvalue weighted by Crippen LogP contribution is -2.53. The van der Waals surface area contributed by atoms with E-state index in [4.69, 9.17) is 11.5 Å². The molecule has 3 atom stereocenters. The van der Waals surface area contributed by atoms with Crippen LogP contribution in [0.5, 0.6) is 0 Å². The van der Waals surface area contributed by atoms with E-state index in [0.29, 0.717) is 13.0 Å². The molecule has 3 unspecified atom stereocenters. The van der Waals surface area contributed by atoms with Crippen LogP contribution in [0.2, 0.25) is 0 Å². The Morgan fingerprint density at radius 2 is 2.13 bits per heavy atom. The molecule has 1 saturated heterocycles. The van der Waals surface area contributed by atoms with Crippen LogP contribution >= 0.6 is 0 Å². The molecule has 0 spiro atoms. The van der Waals surface area contributed by atoms with E-state index in [1.807, 2.05) is 0 Å². The van der Waals surface area contributed by atoms with Crippen molar-refractivity contribution < 1.29 is 14.7 Å². The average Bonchev–Trinajstić information content (AvgIpc) is 2.63. The van der Waals surface area contributed by atoms with Gasteiger partial charge < -0.3 is 21.5 Å². The highest BCUT2D eigenvalue weighted by Gasteiger charge is 2.35. The molecule has 1 aliphatic heterocycles. The van der Waals surface area contributed by atoms with E-state index in [1.54, 1.807) is 0 Å². The van der Waals surface area contributed by atoms with Gasteiger partial charge in [0.25, 0.3) is 0 Å². The molecule has 6 nitrogen and oxygen atoms in total. The first kappa shape index (κ1) is 11.9. The number of nitrogens with zero attached hydrogens (tertiary/aromatic N) is 1. The standard InChI is InChI=1S/C9H17N3O3/c1-5(13)7(10)9(15)12-4-2-3-6(12)8(11)14/h5-7,13H,2-4,10H2,1H3,(H2,11,14). The zero-order valence-corrected chi connectivity index (χ0v) is 8.72. The van der Waals surface area contributed by atoms with Gasteiger partial charge in [0.2, 0.25) is 11.8 Å². The Morgan fingerprint density at radius 1 is 1.53 bits per heavy atom. The first-order valence-corrected chi connectivity index (χ1v) is 4.98. The Morgan fingerprint density at radius 3 is 2.60 bits per heavy atom. The molecule has 0 aromatic carbocycles. The molecule has 15 heavy (non-hydrogen) atoms. The first-order valence-electron chi connectivity index (χ1n) is 4.98. The van der Waals surface area contributed by atoms with Crippen molar-refractivity contribution >= 4 is 11.8 Å². The Hall–Kier alpha value is -1.14. The lowest BCUT2D eigenvalue weighted by Gasteiger charge is -2.26. The molecule has 0 aliphatic carbocycles. The van der Waals surface area contributed by atoms with Gasteiger partial charge in [0.05, 0.1) is 6.10 Å². The number of hydrogen-bond acceptors (Lipinski definition) is 4. The SMILES string of the molecule is CC(O)C(N)C(=O)N1CCCC1C(N)=O. The van der Waals surface area contributed by atoms with E-state index >= 15 is 0 Å². The summed E-state index contributed by atoms with van der Waals surface area (Å²) < 4.78 is 0. The number of carbonyl (C=O) groups excluding carboxylic acids is 2. The molecular formula is C9H17N3O3. The number of likely N-dealkylation sites (tertiary alicyclic amines) is 1. The molecule has 1 rings (SSSR count). The monoisotopic (exact) mass is 215 g/mol. The number of nitrogens with two attached hydrogens (primary N) is 2. The third-order valence-electron chi connectivity index (χ3n) is 2.67. The summed E-state index contributed by atoms with van der Waals surface area (Å²) in [6.07, 6.45) is 0.395. The maximum absolute atomic E-state index is 11.7. The van der Waals surface area contributed by atoms with Crippen molar-refractivity contribution in [2.24, 2.45) is 11.5 Å². The van der Waals surface area contributed by atoms with Crippen LogP contribution in [0.15, 0.2) is 0 Å². The van der Waals surface area contributed by atoms with Crippen LogP contribution in [0.4, 0.5) is 0 Å². The van der Waals surface area contributed by atoms with E-state index in [-0.39, 0.29) is 0 Å². The van der Waals surface area contributed by atoms with Crippen molar-refractivity contribution in [1.29, 1.82) is 0 Å². The Balaban J connectivity index is 2.70. The zero-order valence-electron chi connectivity index (χ0n) is 8.72. The maximum atomic E-state index is 11.7. The van der Waals surface area contributed by atoms with Gasteiger partial charge in [-0.05, 0) is 19.8 Å². The van der Waals surface area contributed by atoms with Crippen molar-refractivity contribution in [1.82, 2.24) is 4.90 Å². The predicted octanol–water partition coefficient (Wildman–Crippen LogP) is -1.83. The Bertz CT molecular complexity index is 267. The number of primary amides is 1. The summed E-state index contributed by atoms with van der Waals surface area (Å²) in [6, 6.07) is -1.55. The fourth-order valence-electron chi connectivity index (χ4n) is 1.72. The molecule has 1 fully saturated rings. The number of aliphatic hydroxyl groups excluding tert-OH is 1. The molecule has 0 aromatic rings. The summed E-state index contributed by atoms with van der Waals surface area (Å²) >= 11 is 0. The third-order valence-corrected chi connectivity index (χ3v) is 2.67. The zero-order chi connectivity index (χ0) is 11.6.